The van der Waals surface area contributed by atoms with E-state index >= 15 is 0 Å². The molecule has 0 fully saturated rings. The van der Waals surface area contributed by atoms with Crippen molar-refractivity contribution in [3.63, 3.8) is 0 Å². The van der Waals surface area contributed by atoms with Gasteiger partial charge in [0.25, 0.3) is 0 Å². The van der Waals surface area contributed by atoms with Crippen LogP contribution in [0.15, 0.2) is 28.9 Å². The molecule has 1 aromatic carbocycles. The second-order valence-corrected chi connectivity index (χ2v) is 5.86. The third kappa shape index (κ3) is 3.34. The number of aromatic nitrogens is 1. The summed E-state index contributed by atoms with van der Waals surface area (Å²) in [5, 5.41) is 4.23. The zero-order valence-corrected chi connectivity index (χ0v) is 12.2. The van der Waals surface area contributed by atoms with Crippen LogP contribution in [0.2, 0.25) is 4.34 Å². The standard InChI is InChI=1S/C11H10BrClN2OS/c1-16-9-3-2-7(4-8(9)12)14-6-11-15-5-10(13)17-11/h2-5,14H,6H2,1H3. The summed E-state index contributed by atoms with van der Waals surface area (Å²) in [5.41, 5.74) is 1.00. The first-order valence-corrected chi connectivity index (χ1v) is 6.85. The van der Waals surface area contributed by atoms with Crippen molar-refractivity contribution in [2.75, 3.05) is 12.4 Å². The third-order valence-electron chi connectivity index (χ3n) is 2.12. The van der Waals surface area contributed by atoms with Crippen LogP contribution in [0.5, 0.6) is 5.75 Å². The molecular formula is C11H10BrClN2OS. The largest absolute Gasteiger partial charge is 0.496 e. The molecule has 2 rings (SSSR count). The minimum atomic E-state index is 0.663. The van der Waals surface area contributed by atoms with Crippen molar-refractivity contribution in [3.8, 4) is 5.75 Å². The lowest BCUT2D eigenvalue weighted by Gasteiger charge is -2.07. The van der Waals surface area contributed by atoms with Gasteiger partial charge < -0.3 is 10.1 Å². The van der Waals surface area contributed by atoms with Crippen LogP contribution >= 0.6 is 38.9 Å². The Balaban J connectivity index is 2.02. The summed E-state index contributed by atoms with van der Waals surface area (Å²) in [6.45, 7) is 0.663. The molecule has 17 heavy (non-hydrogen) atoms. The molecule has 6 heteroatoms. The summed E-state index contributed by atoms with van der Waals surface area (Å²) in [7, 11) is 1.64. The highest BCUT2D eigenvalue weighted by Gasteiger charge is 2.03. The fourth-order valence-corrected chi connectivity index (χ4v) is 2.76. The van der Waals surface area contributed by atoms with Crippen molar-refractivity contribution in [2.45, 2.75) is 6.54 Å². The van der Waals surface area contributed by atoms with Gasteiger partial charge in [-0.15, -0.1) is 11.3 Å². The molecule has 3 nitrogen and oxygen atoms in total. The van der Waals surface area contributed by atoms with Crippen molar-refractivity contribution in [3.05, 3.63) is 38.2 Å². The van der Waals surface area contributed by atoms with Gasteiger partial charge in [0.15, 0.2) is 0 Å². The van der Waals surface area contributed by atoms with Crippen LogP contribution in [0.25, 0.3) is 0 Å². The Morgan fingerprint density at radius 3 is 2.94 bits per heavy atom. The van der Waals surface area contributed by atoms with E-state index < -0.39 is 0 Å². The number of hydrogen-bond donors (Lipinski definition) is 1. The van der Waals surface area contributed by atoms with Crippen molar-refractivity contribution >= 4 is 44.6 Å². The third-order valence-corrected chi connectivity index (χ3v) is 3.86. The summed E-state index contributed by atoms with van der Waals surface area (Å²) in [6.07, 6.45) is 1.66. The highest BCUT2D eigenvalue weighted by atomic mass is 79.9. The van der Waals surface area contributed by atoms with E-state index in [4.69, 9.17) is 16.3 Å². The lowest BCUT2D eigenvalue weighted by molar-refractivity contribution is 0.412. The Hall–Kier alpha value is -0.780. The maximum absolute atomic E-state index is 5.81. The van der Waals surface area contributed by atoms with Gasteiger partial charge in [-0.05, 0) is 34.1 Å². The molecule has 0 saturated heterocycles. The Bertz CT molecular complexity index is 518. The predicted molar refractivity (Wildman–Crippen MR) is 75.1 cm³/mol. The summed E-state index contributed by atoms with van der Waals surface area (Å²) >= 11 is 10.7. The first-order valence-electron chi connectivity index (χ1n) is 4.86. The normalized spacial score (nSPS) is 10.3. The van der Waals surface area contributed by atoms with Crippen LogP contribution in [-0.4, -0.2) is 12.1 Å². The van der Waals surface area contributed by atoms with E-state index in [1.54, 1.807) is 13.3 Å². The van der Waals surface area contributed by atoms with E-state index in [9.17, 15) is 0 Å². The molecule has 2 aromatic rings. The topological polar surface area (TPSA) is 34.1 Å². The molecule has 0 amide bonds. The number of halogens is 2. The van der Waals surface area contributed by atoms with Gasteiger partial charge in [0, 0.05) is 5.69 Å². The molecule has 1 N–H and O–H groups in total. The lowest BCUT2D eigenvalue weighted by atomic mass is 10.3. The van der Waals surface area contributed by atoms with Crippen LogP contribution in [-0.2, 0) is 6.54 Å². The Morgan fingerprint density at radius 2 is 2.35 bits per heavy atom. The number of ether oxygens (including phenoxy) is 1. The van der Waals surface area contributed by atoms with Crippen molar-refractivity contribution in [2.24, 2.45) is 0 Å². The van der Waals surface area contributed by atoms with Crippen LogP contribution in [0.4, 0.5) is 5.69 Å². The molecule has 0 aliphatic rings. The highest BCUT2D eigenvalue weighted by Crippen LogP contribution is 2.28. The van der Waals surface area contributed by atoms with Crippen molar-refractivity contribution in [1.29, 1.82) is 0 Å². The summed E-state index contributed by atoms with van der Waals surface area (Å²) in [4.78, 5) is 4.17. The predicted octanol–water partition coefficient (Wildman–Crippen LogP) is 4.18. The molecule has 0 aliphatic heterocycles. The summed E-state index contributed by atoms with van der Waals surface area (Å²) in [6, 6.07) is 5.83. The van der Waals surface area contributed by atoms with Crippen LogP contribution in [0.1, 0.15) is 5.01 Å². The number of nitrogens with one attached hydrogen (secondary N) is 1. The SMILES string of the molecule is COc1ccc(NCc2ncc(Cl)s2)cc1Br. The molecule has 1 heterocycles. The van der Waals surface area contributed by atoms with Crippen LogP contribution in [0.3, 0.4) is 0 Å². The smallest absolute Gasteiger partial charge is 0.133 e. The number of methoxy groups -OCH3 is 1. The fourth-order valence-electron chi connectivity index (χ4n) is 1.32. The van der Waals surface area contributed by atoms with E-state index in [1.165, 1.54) is 11.3 Å². The minimum absolute atomic E-state index is 0.663. The first kappa shape index (κ1) is 12.7. The minimum Gasteiger partial charge on any atom is -0.496 e. The Kier molecular flexibility index (Phi) is 4.25. The van der Waals surface area contributed by atoms with E-state index in [0.29, 0.717) is 10.9 Å². The number of thiazole rings is 1. The maximum atomic E-state index is 5.81. The quantitative estimate of drug-likeness (QED) is 0.911. The zero-order valence-electron chi connectivity index (χ0n) is 9.04. The van der Waals surface area contributed by atoms with Gasteiger partial charge in [0.1, 0.15) is 15.1 Å². The van der Waals surface area contributed by atoms with Crippen molar-refractivity contribution < 1.29 is 4.74 Å². The number of hydrogen-bond acceptors (Lipinski definition) is 4. The Morgan fingerprint density at radius 1 is 1.53 bits per heavy atom. The van der Waals surface area contributed by atoms with Gasteiger partial charge in [0.05, 0.1) is 24.3 Å². The Labute approximate surface area is 117 Å². The van der Waals surface area contributed by atoms with Gasteiger partial charge in [-0.2, -0.15) is 0 Å². The molecule has 0 spiro atoms. The first-order chi connectivity index (χ1) is 8.19. The van der Waals surface area contributed by atoms with E-state index in [0.717, 1.165) is 20.9 Å². The fraction of sp³-hybridized carbons (Fsp3) is 0.182. The molecule has 1 aromatic heterocycles. The average molecular weight is 334 g/mol. The van der Waals surface area contributed by atoms with Crippen LogP contribution < -0.4 is 10.1 Å². The lowest BCUT2D eigenvalue weighted by Crippen LogP contribution is -1.98. The second kappa shape index (κ2) is 5.71. The second-order valence-electron chi connectivity index (χ2n) is 3.26. The molecule has 0 aliphatic carbocycles. The van der Waals surface area contributed by atoms with Gasteiger partial charge in [-0.25, -0.2) is 4.98 Å². The van der Waals surface area contributed by atoms with Crippen LogP contribution in [0, 0.1) is 0 Å². The van der Waals surface area contributed by atoms with Gasteiger partial charge in [0.2, 0.25) is 0 Å². The number of rotatable bonds is 4. The number of benzene rings is 1. The monoisotopic (exact) mass is 332 g/mol. The molecule has 0 unspecified atom stereocenters. The molecule has 90 valence electrons. The number of anilines is 1. The van der Waals surface area contributed by atoms with Gasteiger partial charge in [-0.1, -0.05) is 11.6 Å². The maximum Gasteiger partial charge on any atom is 0.133 e. The number of nitrogens with zero attached hydrogens (tertiary/aromatic N) is 1. The molecule has 0 atom stereocenters. The van der Waals surface area contributed by atoms with Gasteiger partial charge >= 0.3 is 0 Å². The van der Waals surface area contributed by atoms with Gasteiger partial charge in [-0.3, -0.25) is 0 Å². The molecule has 0 bridgehead atoms. The molecule has 0 saturated carbocycles. The van der Waals surface area contributed by atoms with E-state index in [-0.39, 0.29) is 0 Å². The van der Waals surface area contributed by atoms with E-state index in [1.807, 2.05) is 18.2 Å². The summed E-state index contributed by atoms with van der Waals surface area (Å²) in [5.74, 6) is 0.813. The zero-order chi connectivity index (χ0) is 12.3. The van der Waals surface area contributed by atoms with Crippen molar-refractivity contribution in [1.82, 2.24) is 4.98 Å². The molecular weight excluding hydrogens is 324 g/mol. The molecule has 0 radical (unpaired) electrons. The highest BCUT2D eigenvalue weighted by molar-refractivity contribution is 9.10. The summed E-state index contributed by atoms with van der Waals surface area (Å²) < 4.78 is 6.79. The van der Waals surface area contributed by atoms with E-state index in [2.05, 4.69) is 26.2 Å². The average Bonchev–Trinajstić information content (AvgIpc) is 2.73.